The quantitative estimate of drug-likeness (QED) is 0.660. The molecule has 0 spiro atoms. The summed E-state index contributed by atoms with van der Waals surface area (Å²) >= 11 is 0. The first kappa shape index (κ1) is 14.6. The summed E-state index contributed by atoms with van der Waals surface area (Å²) in [5.74, 6) is 0.0687. The summed E-state index contributed by atoms with van der Waals surface area (Å²) in [4.78, 5) is 16.5. The fourth-order valence-corrected chi connectivity index (χ4v) is 2.52. The van der Waals surface area contributed by atoms with E-state index in [1.54, 1.807) is 6.08 Å². The molecule has 1 aliphatic rings. The zero-order valence-electron chi connectivity index (χ0n) is 12.4. The highest BCUT2D eigenvalue weighted by atomic mass is 16.2. The van der Waals surface area contributed by atoms with Gasteiger partial charge in [-0.2, -0.15) is 0 Å². The van der Waals surface area contributed by atoms with Gasteiger partial charge >= 0.3 is 0 Å². The first-order valence-electron chi connectivity index (χ1n) is 7.02. The largest absolute Gasteiger partial charge is 0.399 e. The predicted octanol–water partition coefficient (Wildman–Crippen LogP) is 1.83. The lowest BCUT2D eigenvalue weighted by Crippen LogP contribution is -2.56. The average Bonchev–Trinajstić information content (AvgIpc) is 2.41. The molecule has 1 aliphatic heterocycles. The van der Waals surface area contributed by atoms with Crippen molar-refractivity contribution in [2.45, 2.75) is 25.9 Å². The van der Waals surface area contributed by atoms with E-state index in [9.17, 15) is 4.79 Å². The van der Waals surface area contributed by atoms with Crippen molar-refractivity contribution in [3.63, 3.8) is 0 Å². The van der Waals surface area contributed by atoms with Gasteiger partial charge in [0.2, 0.25) is 5.91 Å². The summed E-state index contributed by atoms with van der Waals surface area (Å²) in [6.07, 6.45) is 3.46. The maximum Gasteiger partial charge on any atom is 0.246 e. The van der Waals surface area contributed by atoms with Gasteiger partial charge in [0.05, 0.1) is 0 Å². The van der Waals surface area contributed by atoms with Gasteiger partial charge in [-0.15, -0.1) is 0 Å². The number of piperazine rings is 1. The van der Waals surface area contributed by atoms with E-state index in [2.05, 4.69) is 25.8 Å². The number of rotatable bonds is 2. The molecule has 2 atom stereocenters. The third-order valence-electron chi connectivity index (χ3n) is 4.00. The third-order valence-corrected chi connectivity index (χ3v) is 4.00. The van der Waals surface area contributed by atoms with Crippen molar-refractivity contribution in [1.82, 2.24) is 9.80 Å². The number of anilines is 1. The molecule has 0 aromatic heterocycles. The van der Waals surface area contributed by atoms with Crippen molar-refractivity contribution in [2.24, 2.45) is 0 Å². The molecule has 1 fully saturated rings. The van der Waals surface area contributed by atoms with Crippen molar-refractivity contribution in [1.29, 1.82) is 0 Å². The second kappa shape index (κ2) is 6.09. The monoisotopic (exact) mass is 273 g/mol. The number of nitrogens with two attached hydrogens (primary N) is 1. The van der Waals surface area contributed by atoms with Crippen LogP contribution in [0.15, 0.2) is 30.3 Å². The van der Waals surface area contributed by atoms with Crippen molar-refractivity contribution in [3.05, 3.63) is 35.9 Å². The Balaban J connectivity index is 2.01. The molecule has 1 heterocycles. The number of hydrogen-bond acceptors (Lipinski definition) is 3. The molecule has 0 saturated carbocycles. The zero-order valence-corrected chi connectivity index (χ0v) is 12.4. The summed E-state index contributed by atoms with van der Waals surface area (Å²) in [5, 5.41) is 0. The van der Waals surface area contributed by atoms with Crippen LogP contribution >= 0.6 is 0 Å². The molecule has 1 aromatic carbocycles. The zero-order chi connectivity index (χ0) is 14.7. The Morgan fingerprint density at radius 1 is 1.30 bits per heavy atom. The van der Waals surface area contributed by atoms with Gasteiger partial charge in [0.15, 0.2) is 0 Å². The highest BCUT2D eigenvalue weighted by Crippen LogP contribution is 2.14. The molecule has 108 valence electrons. The second-order valence-electron chi connectivity index (χ2n) is 5.61. The lowest BCUT2D eigenvalue weighted by molar-refractivity contribution is -0.129. The minimum absolute atomic E-state index is 0.0687. The third kappa shape index (κ3) is 3.39. The van der Waals surface area contributed by atoms with Crippen LogP contribution in [-0.2, 0) is 4.79 Å². The Morgan fingerprint density at radius 3 is 2.55 bits per heavy atom. The maximum atomic E-state index is 12.2. The van der Waals surface area contributed by atoms with Gasteiger partial charge in [0, 0.05) is 36.9 Å². The van der Waals surface area contributed by atoms with Crippen molar-refractivity contribution in [3.8, 4) is 0 Å². The fraction of sp³-hybridized carbons (Fsp3) is 0.438. The maximum absolute atomic E-state index is 12.2. The molecule has 1 amide bonds. The van der Waals surface area contributed by atoms with E-state index in [1.807, 2.05) is 35.2 Å². The van der Waals surface area contributed by atoms with E-state index < -0.39 is 0 Å². The van der Waals surface area contributed by atoms with E-state index in [0.29, 0.717) is 17.8 Å². The van der Waals surface area contributed by atoms with E-state index in [1.165, 1.54) is 0 Å². The second-order valence-corrected chi connectivity index (χ2v) is 5.61. The number of hydrogen-bond donors (Lipinski definition) is 1. The van der Waals surface area contributed by atoms with Gasteiger partial charge in [0.25, 0.3) is 0 Å². The standard InChI is InChI=1S/C16H23N3O/c1-12-10-19(11-13(2)18(12)3)16(20)8-7-14-5-4-6-15(17)9-14/h4-9,12-13H,10-11,17H2,1-3H3/b8-7+. The van der Waals surface area contributed by atoms with Crippen molar-refractivity contribution >= 4 is 17.7 Å². The highest BCUT2D eigenvalue weighted by Gasteiger charge is 2.28. The van der Waals surface area contributed by atoms with Gasteiger partial charge in [0.1, 0.15) is 0 Å². The van der Waals surface area contributed by atoms with Gasteiger partial charge in [-0.3, -0.25) is 9.69 Å². The Labute approximate surface area is 120 Å². The number of benzene rings is 1. The molecule has 1 aromatic rings. The number of nitrogens with zero attached hydrogens (tertiary/aromatic N) is 2. The van der Waals surface area contributed by atoms with Gasteiger partial charge in [-0.25, -0.2) is 0 Å². The molecule has 4 nitrogen and oxygen atoms in total. The van der Waals surface area contributed by atoms with Crippen LogP contribution in [-0.4, -0.2) is 47.9 Å². The molecule has 0 radical (unpaired) electrons. The first-order chi connectivity index (χ1) is 9.47. The van der Waals surface area contributed by atoms with Crippen LogP contribution in [0.3, 0.4) is 0 Å². The first-order valence-corrected chi connectivity index (χ1v) is 7.02. The predicted molar refractivity (Wildman–Crippen MR) is 83.2 cm³/mol. The lowest BCUT2D eigenvalue weighted by Gasteiger charge is -2.42. The van der Waals surface area contributed by atoms with Crippen LogP contribution in [0, 0.1) is 0 Å². The number of amides is 1. The molecular formula is C16H23N3O. The number of nitrogen functional groups attached to an aromatic ring is 1. The summed E-state index contributed by atoms with van der Waals surface area (Å²) < 4.78 is 0. The van der Waals surface area contributed by atoms with Crippen LogP contribution in [0.2, 0.25) is 0 Å². The van der Waals surface area contributed by atoms with E-state index in [4.69, 9.17) is 5.73 Å². The number of likely N-dealkylation sites (N-methyl/N-ethyl adjacent to an activating group) is 1. The molecular weight excluding hydrogens is 250 g/mol. The topological polar surface area (TPSA) is 49.6 Å². The molecule has 2 N–H and O–H groups in total. The minimum atomic E-state index is 0.0687. The minimum Gasteiger partial charge on any atom is -0.399 e. The molecule has 0 aliphatic carbocycles. The molecule has 4 heteroatoms. The van der Waals surface area contributed by atoms with Crippen LogP contribution in [0.25, 0.3) is 6.08 Å². The van der Waals surface area contributed by atoms with Crippen LogP contribution < -0.4 is 5.73 Å². The summed E-state index contributed by atoms with van der Waals surface area (Å²) in [6.45, 7) is 5.86. The molecule has 1 saturated heterocycles. The number of carbonyl (C=O) groups excluding carboxylic acids is 1. The Bertz CT molecular complexity index is 500. The molecule has 2 rings (SSSR count). The normalized spacial score (nSPS) is 24.2. The molecule has 2 unspecified atom stereocenters. The summed E-state index contributed by atoms with van der Waals surface area (Å²) in [7, 11) is 2.11. The lowest BCUT2D eigenvalue weighted by atomic mass is 10.1. The van der Waals surface area contributed by atoms with E-state index in [-0.39, 0.29) is 5.91 Å². The SMILES string of the molecule is CC1CN(C(=O)/C=C/c2cccc(N)c2)CC(C)N1C. The van der Waals surface area contributed by atoms with Crippen LogP contribution in [0.1, 0.15) is 19.4 Å². The van der Waals surface area contributed by atoms with Crippen LogP contribution in [0.5, 0.6) is 0 Å². The van der Waals surface area contributed by atoms with Gasteiger partial charge in [-0.1, -0.05) is 12.1 Å². The summed E-state index contributed by atoms with van der Waals surface area (Å²) in [5.41, 5.74) is 7.39. The average molecular weight is 273 g/mol. The van der Waals surface area contributed by atoms with Crippen molar-refractivity contribution < 1.29 is 4.79 Å². The van der Waals surface area contributed by atoms with E-state index >= 15 is 0 Å². The highest BCUT2D eigenvalue weighted by molar-refractivity contribution is 5.92. The fourth-order valence-electron chi connectivity index (χ4n) is 2.52. The Hall–Kier alpha value is -1.81. The number of carbonyl (C=O) groups is 1. The van der Waals surface area contributed by atoms with E-state index in [0.717, 1.165) is 18.7 Å². The Kier molecular flexibility index (Phi) is 4.45. The Morgan fingerprint density at radius 2 is 1.95 bits per heavy atom. The smallest absolute Gasteiger partial charge is 0.246 e. The molecule has 20 heavy (non-hydrogen) atoms. The summed E-state index contributed by atoms with van der Waals surface area (Å²) in [6, 6.07) is 8.31. The van der Waals surface area contributed by atoms with Gasteiger partial charge < -0.3 is 10.6 Å². The molecule has 0 bridgehead atoms. The van der Waals surface area contributed by atoms with Gasteiger partial charge in [-0.05, 0) is 44.7 Å². The van der Waals surface area contributed by atoms with Crippen molar-refractivity contribution in [2.75, 3.05) is 25.9 Å². The van der Waals surface area contributed by atoms with Crippen LogP contribution in [0.4, 0.5) is 5.69 Å².